The van der Waals surface area contributed by atoms with Crippen LogP contribution in [0.5, 0.6) is 5.75 Å². The van der Waals surface area contributed by atoms with Gasteiger partial charge in [0.2, 0.25) is 59.1 Å². The first kappa shape index (κ1) is 69.0. The van der Waals surface area contributed by atoms with Crippen LogP contribution in [0.1, 0.15) is 104 Å². The number of carbonyl (C=O) groups is 10. The van der Waals surface area contributed by atoms with Crippen LogP contribution >= 0.6 is 0 Å². The number of hydrogen-bond donors (Lipinski definition) is 15. The average molecular weight is 1240 g/mol. The number of aliphatic hydroxyl groups is 1. The minimum atomic E-state index is -1.78. The Morgan fingerprint density at radius 2 is 1.36 bits per heavy atom. The molecule has 17 N–H and O–H groups in total. The van der Waals surface area contributed by atoms with Gasteiger partial charge in [-0.3, -0.25) is 52.9 Å². The summed E-state index contributed by atoms with van der Waals surface area (Å²) in [5, 5.41) is 45.7. The molecule has 6 rings (SSSR count). The van der Waals surface area contributed by atoms with Gasteiger partial charge < -0.3 is 89.1 Å². The number of guanidine groups is 1. The maximum Gasteiger partial charge on any atom is 0.245 e. The molecule has 89 heavy (non-hydrogen) atoms. The molecule has 29 heteroatoms. The van der Waals surface area contributed by atoms with Gasteiger partial charge in [0.15, 0.2) is 5.96 Å². The van der Waals surface area contributed by atoms with E-state index in [0.29, 0.717) is 47.1 Å². The average Bonchev–Trinajstić information content (AvgIpc) is 3.72. The highest BCUT2D eigenvalue weighted by atomic mass is 16.5. The molecule has 2 saturated heterocycles. The van der Waals surface area contributed by atoms with Crippen molar-refractivity contribution in [1.82, 2.24) is 67.7 Å². The van der Waals surface area contributed by atoms with Crippen LogP contribution in [-0.4, -0.2) is 188 Å². The molecular weight excluding hydrogens is 1150 g/mol. The molecule has 10 amide bonds. The van der Waals surface area contributed by atoms with Gasteiger partial charge in [-0.25, -0.2) is 4.98 Å². The first-order valence-corrected chi connectivity index (χ1v) is 29.7. The number of rotatable bonds is 30. The molecule has 0 radical (unpaired) electrons. The third-order valence-corrected chi connectivity index (χ3v) is 15.0. The summed E-state index contributed by atoms with van der Waals surface area (Å²) in [4.78, 5) is 156. The normalized spacial score (nSPS) is 17.3. The molecule has 0 bridgehead atoms. The molecular formula is C60H86N16O13. The number of carbonyl (C=O) groups excluding carboxylic acids is 10. The van der Waals surface area contributed by atoms with E-state index in [1.54, 1.807) is 78.9 Å². The van der Waals surface area contributed by atoms with E-state index in [0.717, 1.165) is 0 Å². The molecule has 0 saturated carbocycles. The van der Waals surface area contributed by atoms with E-state index >= 15 is 0 Å². The molecule has 4 heterocycles. The predicted octanol–water partition coefficient (Wildman–Crippen LogP) is -1.67. The summed E-state index contributed by atoms with van der Waals surface area (Å²) in [6.45, 7) is 11.1. The lowest BCUT2D eigenvalue weighted by molar-refractivity contribution is -0.143. The van der Waals surface area contributed by atoms with Crippen molar-refractivity contribution in [2.24, 2.45) is 21.9 Å². The molecule has 2 aromatic heterocycles. The number of H-pyrrole nitrogens is 2. The summed E-state index contributed by atoms with van der Waals surface area (Å²) >= 11 is 0. The van der Waals surface area contributed by atoms with Gasteiger partial charge in [-0.1, -0.05) is 51.1 Å². The molecule has 4 aromatic rings. The molecule has 0 spiro atoms. The fourth-order valence-electron chi connectivity index (χ4n) is 10.2. The second kappa shape index (κ2) is 31.7. The summed E-state index contributed by atoms with van der Waals surface area (Å²) in [6.07, 6.45) is 5.46. The van der Waals surface area contributed by atoms with Crippen molar-refractivity contribution in [2.75, 3.05) is 32.8 Å². The topological polar surface area (TPSA) is 441 Å². The zero-order chi connectivity index (χ0) is 65.2. The summed E-state index contributed by atoms with van der Waals surface area (Å²) in [6, 6.07) is 0.873. The minimum absolute atomic E-state index is 0.0543. The number of aromatic amines is 2. The number of para-hydroxylation sites is 1. The SMILES string of the molecule is CCNC(=O)[C@@H]1CCCN1C(=O)[C@H](CCCN=C(N)N)NC(=O)[C@@H](NC(=O)[C@@H](COC(C)(C)C)NC(=O)[C@H](Cc1ccc(O)cc1)NC(=O)[C@H](CO)NC(=O)[C@H](Cc1c[nH]c2ccccc12)NC(=O)[C@H](Cc1cnc[nH]1)NC(=O)C1CCC(=O)N1)C(C)(C)C. The van der Waals surface area contributed by atoms with E-state index in [1.165, 1.54) is 41.7 Å². The molecule has 1 unspecified atom stereocenters. The predicted molar refractivity (Wildman–Crippen MR) is 326 cm³/mol. The van der Waals surface area contributed by atoms with Gasteiger partial charge in [-0.05, 0) is 94.5 Å². The van der Waals surface area contributed by atoms with Crippen LogP contribution in [0.2, 0.25) is 0 Å². The van der Waals surface area contributed by atoms with E-state index < -0.39 is 126 Å². The van der Waals surface area contributed by atoms with Crippen molar-refractivity contribution in [1.29, 1.82) is 0 Å². The Hall–Kier alpha value is -9.12. The molecule has 0 aliphatic carbocycles. The number of benzene rings is 2. The Bertz CT molecular complexity index is 3150. The fraction of sp³-hybridized carbons (Fsp3) is 0.533. The van der Waals surface area contributed by atoms with Crippen molar-refractivity contribution >= 4 is 75.9 Å². The highest BCUT2D eigenvalue weighted by molar-refractivity contribution is 5.99. The number of aliphatic imine (C=N–C) groups is 1. The molecule has 2 aromatic carbocycles. The van der Waals surface area contributed by atoms with Crippen LogP contribution in [-0.2, 0) is 71.9 Å². The quantitative estimate of drug-likeness (QED) is 0.0158. The molecule has 2 aliphatic rings. The summed E-state index contributed by atoms with van der Waals surface area (Å²) in [5.74, 6) is -7.60. The number of nitrogens with one attached hydrogen (secondary N) is 11. The number of likely N-dealkylation sites (N-methyl/N-ethyl adjacent to an activating group) is 1. The summed E-state index contributed by atoms with van der Waals surface area (Å²) < 4.78 is 6.05. The van der Waals surface area contributed by atoms with Crippen molar-refractivity contribution < 1.29 is 62.9 Å². The molecule has 9 atom stereocenters. The highest BCUT2D eigenvalue weighted by Crippen LogP contribution is 2.24. The van der Waals surface area contributed by atoms with E-state index in [4.69, 9.17) is 16.2 Å². The lowest BCUT2D eigenvalue weighted by Gasteiger charge is -2.34. The third kappa shape index (κ3) is 20.5. The molecule has 2 aliphatic heterocycles. The van der Waals surface area contributed by atoms with Crippen LogP contribution in [0.15, 0.2) is 72.2 Å². The van der Waals surface area contributed by atoms with Crippen LogP contribution in [0.25, 0.3) is 10.9 Å². The van der Waals surface area contributed by atoms with Crippen molar-refractivity contribution in [3.05, 3.63) is 84.1 Å². The zero-order valence-corrected chi connectivity index (χ0v) is 51.3. The van der Waals surface area contributed by atoms with Crippen LogP contribution in [0.4, 0.5) is 0 Å². The van der Waals surface area contributed by atoms with Gasteiger partial charge in [0.1, 0.15) is 60.1 Å². The number of aliphatic hydroxyl groups excluding tert-OH is 1. The van der Waals surface area contributed by atoms with Crippen LogP contribution < -0.4 is 59.3 Å². The monoisotopic (exact) mass is 1240 g/mol. The number of ether oxygens (including phenoxy) is 1. The summed E-state index contributed by atoms with van der Waals surface area (Å²) in [7, 11) is 0. The molecule has 484 valence electrons. The van der Waals surface area contributed by atoms with E-state index in [2.05, 4.69) is 67.8 Å². The number of amides is 10. The number of imidazole rings is 1. The number of phenolic OH excluding ortho intramolecular Hbond substituents is 1. The number of nitrogens with two attached hydrogens (primary N) is 2. The van der Waals surface area contributed by atoms with E-state index in [1.807, 2.05) is 0 Å². The van der Waals surface area contributed by atoms with Gasteiger partial charge in [0, 0.05) is 74.3 Å². The minimum Gasteiger partial charge on any atom is -0.508 e. The first-order chi connectivity index (χ1) is 42.1. The number of aromatic hydroxyl groups is 1. The maximum atomic E-state index is 14.8. The lowest BCUT2D eigenvalue weighted by atomic mass is 9.85. The van der Waals surface area contributed by atoms with E-state index in [-0.39, 0.29) is 81.6 Å². The number of nitrogens with zero attached hydrogens (tertiary/aromatic N) is 3. The molecule has 2 fully saturated rings. The largest absolute Gasteiger partial charge is 0.508 e. The van der Waals surface area contributed by atoms with Gasteiger partial charge in [0.25, 0.3) is 0 Å². The number of fused-ring (bicyclic) bond motifs is 1. The van der Waals surface area contributed by atoms with E-state index in [9.17, 15) is 58.2 Å². The molecule has 29 nitrogen and oxygen atoms in total. The maximum absolute atomic E-state index is 14.8. The highest BCUT2D eigenvalue weighted by Gasteiger charge is 2.42. The van der Waals surface area contributed by atoms with Crippen LogP contribution in [0.3, 0.4) is 0 Å². The van der Waals surface area contributed by atoms with Gasteiger partial charge >= 0.3 is 0 Å². The number of aromatic nitrogens is 3. The Labute approximate surface area is 515 Å². The van der Waals surface area contributed by atoms with Gasteiger partial charge in [-0.2, -0.15) is 0 Å². The second-order valence-electron chi connectivity index (χ2n) is 24.2. The number of hydrogen-bond acceptors (Lipinski definition) is 15. The Balaban J connectivity index is 1.25. The van der Waals surface area contributed by atoms with Gasteiger partial charge in [0.05, 0.1) is 25.1 Å². The van der Waals surface area contributed by atoms with Gasteiger partial charge in [-0.15, -0.1) is 0 Å². The first-order valence-electron chi connectivity index (χ1n) is 29.7. The van der Waals surface area contributed by atoms with Crippen LogP contribution in [0, 0.1) is 5.41 Å². The summed E-state index contributed by atoms with van der Waals surface area (Å²) in [5.41, 5.74) is 11.3. The Morgan fingerprint density at radius 3 is 1.97 bits per heavy atom. The number of phenols is 1. The van der Waals surface area contributed by atoms with Crippen molar-refractivity contribution in [3.8, 4) is 5.75 Å². The van der Waals surface area contributed by atoms with Crippen molar-refractivity contribution in [3.63, 3.8) is 0 Å². The lowest BCUT2D eigenvalue weighted by Crippen LogP contribution is -2.63. The fourth-order valence-corrected chi connectivity index (χ4v) is 10.2. The van der Waals surface area contributed by atoms with Crippen molar-refractivity contribution in [2.45, 2.75) is 166 Å². The number of likely N-dealkylation sites (tertiary alicyclic amines) is 1. The Kier molecular flexibility index (Phi) is 24.6. The smallest absolute Gasteiger partial charge is 0.245 e. The second-order valence-corrected chi connectivity index (χ2v) is 24.2. The zero-order valence-electron chi connectivity index (χ0n) is 51.3. The Morgan fingerprint density at radius 1 is 0.742 bits per heavy atom. The standard InChI is InChI=1S/C60H86N16O13/c1-8-64-55(86)46-16-12-24-76(46)57(88)40(15-11-23-65-58(61)62)69-56(87)48(59(2,3)4)75-54(85)45(31-89-60(5,6)7)74-50(81)41(25-33-17-19-36(78)20-18-33)70-53(84)44(30-77)73-51(82)42(26-34-28-66-38-14-10-9-13-37(34)38)71-52(83)43(27-35-29-63-32-67-35)72-49(80)39-21-22-47(79)68-39/h9-10,13-14,17-20,28-29,32,39-46,48,66,77-78H,8,11-12,15-16,21-27,30-31H2,1-7H3,(H,63,67)(H,64,86)(H,68,79)(H,69,87)(H,70,84)(H,71,83)(H,72,80)(H,73,82)(H,74,81)(H,75,85)(H4,61,62,65)/t39?,40-,41-,42-,43-,44-,45+,46-,48+/m0/s1. The third-order valence-electron chi connectivity index (χ3n) is 15.0.